The molecule has 1 aliphatic rings. The van der Waals surface area contributed by atoms with Crippen molar-refractivity contribution >= 4 is 36.7 Å². The van der Waals surface area contributed by atoms with Gasteiger partial charge in [-0.05, 0) is 84.9 Å². The molecule has 8 heteroatoms. The summed E-state index contributed by atoms with van der Waals surface area (Å²) in [7, 11) is -5.46. The predicted octanol–water partition coefficient (Wildman–Crippen LogP) is 6.49. The van der Waals surface area contributed by atoms with Crippen LogP contribution in [0.4, 0.5) is 0 Å². The molecule has 4 nitrogen and oxygen atoms in total. The van der Waals surface area contributed by atoms with Crippen LogP contribution in [-0.4, -0.2) is 54.8 Å². The van der Waals surface area contributed by atoms with Crippen LogP contribution in [0.25, 0.3) is 0 Å². The molecule has 1 aromatic rings. The summed E-state index contributed by atoms with van der Waals surface area (Å²) < 4.78 is 26.8. The van der Waals surface area contributed by atoms with E-state index in [0.29, 0.717) is 0 Å². The van der Waals surface area contributed by atoms with Crippen molar-refractivity contribution < 1.29 is 18.0 Å². The first-order valence-corrected chi connectivity index (χ1v) is 22.1. The van der Waals surface area contributed by atoms with Gasteiger partial charge in [0.2, 0.25) is 0 Å². The molecule has 0 radical (unpaired) electrons. The van der Waals surface area contributed by atoms with E-state index in [0.717, 1.165) is 0 Å². The smallest absolute Gasteiger partial charge is 0.184 e. The summed E-state index contributed by atoms with van der Waals surface area (Å²) in [6.07, 6.45) is -0.448. The Morgan fingerprint density at radius 1 is 0.700 bits per heavy atom. The molecule has 0 amide bonds. The van der Waals surface area contributed by atoms with Crippen molar-refractivity contribution in [2.45, 2.75) is 108 Å². The van der Waals surface area contributed by atoms with Crippen molar-refractivity contribution in [3.05, 3.63) is 29.8 Å². The molecule has 0 saturated carbocycles. The Morgan fingerprint density at radius 2 is 1.13 bits per heavy atom. The third-order valence-electron chi connectivity index (χ3n) is 4.47. The Kier molecular flexibility index (Phi) is 8.69. The number of aryl methyl sites for hydroxylation is 1. The lowest BCUT2D eigenvalue weighted by Crippen LogP contribution is -2.63. The minimum Gasteiger partial charge on any atom is -0.409 e. The first-order valence-electron chi connectivity index (χ1n) is 11.0. The number of hydrogen-bond donors (Lipinski definition) is 0. The van der Waals surface area contributed by atoms with E-state index < -0.39 is 25.0 Å². The van der Waals surface area contributed by atoms with Crippen LogP contribution in [0, 0.1) is 6.92 Å². The molecule has 0 spiro atoms. The second kappa shape index (κ2) is 9.91. The van der Waals surface area contributed by atoms with Crippen molar-refractivity contribution in [2.24, 2.45) is 0 Å². The summed E-state index contributed by atoms with van der Waals surface area (Å²) in [5.74, 6) is 0. The van der Waals surface area contributed by atoms with E-state index in [1.807, 2.05) is 0 Å². The number of hydrogen-bond acceptors (Lipinski definition) is 5. The highest BCUT2D eigenvalue weighted by atomic mass is 32.2. The van der Waals surface area contributed by atoms with Crippen LogP contribution >= 0.6 is 11.8 Å². The van der Waals surface area contributed by atoms with E-state index in [4.69, 9.17) is 18.0 Å². The molecule has 172 valence electrons. The molecule has 0 bridgehead atoms. The number of rotatable bonds is 8. The van der Waals surface area contributed by atoms with E-state index >= 15 is 0 Å². The van der Waals surface area contributed by atoms with Crippen LogP contribution in [0.1, 0.15) is 12.5 Å². The van der Waals surface area contributed by atoms with Gasteiger partial charge in [0.15, 0.2) is 25.0 Å². The number of ether oxygens (including phenoxy) is 1. The third-order valence-corrected chi connectivity index (χ3v) is 8.56. The minimum absolute atomic E-state index is 0.0532. The summed E-state index contributed by atoms with van der Waals surface area (Å²) in [6.45, 7) is 24.4. The number of thioether (sulfide) groups is 1. The fourth-order valence-corrected chi connectivity index (χ4v) is 8.00. The Bertz CT molecular complexity index is 680. The topological polar surface area (TPSA) is 36.9 Å². The Labute approximate surface area is 191 Å². The normalized spacial score (nSPS) is 28.6. The Balaban J connectivity index is 2.42. The van der Waals surface area contributed by atoms with E-state index in [9.17, 15) is 0 Å². The average Bonchev–Trinajstić information content (AvgIpc) is 2.53. The molecule has 0 aliphatic carbocycles. The second-order valence-corrected chi connectivity index (χ2v) is 25.8. The highest BCUT2D eigenvalue weighted by molar-refractivity contribution is 7.99. The van der Waals surface area contributed by atoms with E-state index in [2.05, 4.69) is 97.0 Å². The maximum absolute atomic E-state index is 6.79. The maximum atomic E-state index is 6.79. The molecule has 0 N–H and O–H groups in total. The maximum Gasteiger partial charge on any atom is 0.184 e. The zero-order valence-corrected chi connectivity index (χ0v) is 24.6. The quantitative estimate of drug-likeness (QED) is 0.392. The Morgan fingerprint density at radius 3 is 1.60 bits per heavy atom. The van der Waals surface area contributed by atoms with Gasteiger partial charge >= 0.3 is 0 Å². The molecule has 0 unspecified atom stereocenters. The summed E-state index contributed by atoms with van der Waals surface area (Å²) in [5.41, 5.74) is 1.13. The molecule has 1 saturated heterocycles. The van der Waals surface area contributed by atoms with Crippen molar-refractivity contribution in [1.82, 2.24) is 0 Å². The zero-order valence-electron chi connectivity index (χ0n) is 20.7. The third kappa shape index (κ3) is 8.54. The van der Waals surface area contributed by atoms with Gasteiger partial charge in [0.25, 0.3) is 0 Å². The van der Waals surface area contributed by atoms with Gasteiger partial charge in [-0.25, -0.2) is 0 Å². The first-order chi connectivity index (χ1) is 13.5. The van der Waals surface area contributed by atoms with Gasteiger partial charge in [0, 0.05) is 4.90 Å². The molecule has 1 aliphatic heterocycles. The van der Waals surface area contributed by atoms with Gasteiger partial charge in [-0.1, -0.05) is 29.5 Å². The first kappa shape index (κ1) is 26.3. The summed E-state index contributed by atoms with van der Waals surface area (Å²) >= 11 is 1.74. The fraction of sp³-hybridized carbons (Fsp3) is 0.727. The van der Waals surface area contributed by atoms with E-state index in [-0.39, 0.29) is 29.9 Å². The SMILES string of the molecule is Cc1ccc(S[C@H]2O[C@H](C)[C@H](O[Si](C)(C)C)[C@H](O[Si](C)(C)C)[C@H]2O[Si](C)(C)C)cc1. The van der Waals surface area contributed by atoms with Crippen LogP contribution in [-0.2, 0) is 18.0 Å². The molecule has 1 heterocycles. The lowest BCUT2D eigenvalue weighted by Gasteiger charge is -2.50. The molecule has 1 fully saturated rings. The van der Waals surface area contributed by atoms with Gasteiger partial charge in [-0.15, -0.1) is 0 Å². The second-order valence-electron chi connectivity index (χ2n) is 11.2. The largest absolute Gasteiger partial charge is 0.409 e. The van der Waals surface area contributed by atoms with E-state index in [1.165, 1.54) is 10.5 Å². The van der Waals surface area contributed by atoms with Crippen LogP contribution < -0.4 is 0 Å². The molecule has 1 aromatic carbocycles. The fourth-order valence-electron chi connectivity index (χ4n) is 3.47. The summed E-state index contributed by atoms with van der Waals surface area (Å²) in [4.78, 5) is 1.19. The standard InChI is InChI=1S/C22H42O4SSi3/c1-16-12-14-18(15-13-16)27-22-21(26-30(9,10)11)20(25-29(6,7)8)19(17(2)23-22)24-28(3,4)5/h12-15,17,19-22H,1-11H3/t17-,19+,20+,21-,22-/m1/s1. The predicted molar refractivity (Wildman–Crippen MR) is 136 cm³/mol. The van der Waals surface area contributed by atoms with Crippen molar-refractivity contribution in [2.75, 3.05) is 0 Å². The van der Waals surface area contributed by atoms with Gasteiger partial charge in [0.05, 0.1) is 12.2 Å². The van der Waals surface area contributed by atoms with Crippen LogP contribution in [0.3, 0.4) is 0 Å². The lowest BCUT2D eigenvalue weighted by atomic mass is 10.0. The lowest BCUT2D eigenvalue weighted by molar-refractivity contribution is -0.176. The summed E-state index contributed by atoms with van der Waals surface area (Å²) in [5, 5.41) is 0. The van der Waals surface area contributed by atoms with Gasteiger partial charge in [-0.2, -0.15) is 0 Å². The average molecular weight is 487 g/mol. The molecular weight excluding hydrogens is 445 g/mol. The zero-order chi connectivity index (χ0) is 22.9. The Hall–Kier alpha value is 0.0606. The highest BCUT2D eigenvalue weighted by Gasteiger charge is 2.50. The molecule has 0 aromatic heterocycles. The monoisotopic (exact) mass is 486 g/mol. The van der Waals surface area contributed by atoms with Gasteiger partial charge in [0.1, 0.15) is 17.6 Å². The van der Waals surface area contributed by atoms with Crippen LogP contribution in [0.2, 0.25) is 58.9 Å². The summed E-state index contributed by atoms with van der Waals surface area (Å²) in [6, 6.07) is 8.63. The van der Waals surface area contributed by atoms with Gasteiger partial charge < -0.3 is 18.0 Å². The molecule has 2 rings (SSSR count). The van der Waals surface area contributed by atoms with Crippen LogP contribution in [0.15, 0.2) is 29.2 Å². The molecular formula is C22H42O4SSi3. The van der Waals surface area contributed by atoms with Crippen molar-refractivity contribution in [3.8, 4) is 0 Å². The highest BCUT2D eigenvalue weighted by Crippen LogP contribution is 2.39. The van der Waals surface area contributed by atoms with Crippen molar-refractivity contribution in [3.63, 3.8) is 0 Å². The molecule has 5 atom stereocenters. The van der Waals surface area contributed by atoms with E-state index in [1.54, 1.807) is 11.8 Å². The van der Waals surface area contributed by atoms with Gasteiger partial charge in [-0.3, -0.25) is 0 Å². The number of benzene rings is 1. The van der Waals surface area contributed by atoms with Crippen LogP contribution in [0.5, 0.6) is 0 Å². The minimum atomic E-state index is -1.84. The van der Waals surface area contributed by atoms with Crippen molar-refractivity contribution in [1.29, 1.82) is 0 Å². The molecule has 30 heavy (non-hydrogen) atoms.